The van der Waals surface area contributed by atoms with Crippen molar-refractivity contribution in [3.63, 3.8) is 0 Å². The number of anilines is 1. The van der Waals surface area contributed by atoms with E-state index in [4.69, 9.17) is 11.6 Å². The highest BCUT2D eigenvalue weighted by atomic mass is 35.5. The summed E-state index contributed by atoms with van der Waals surface area (Å²) in [7, 11) is 0. The maximum atomic E-state index is 13.5. The molecule has 4 heteroatoms. The van der Waals surface area contributed by atoms with E-state index in [0.717, 1.165) is 29.5 Å². The zero-order chi connectivity index (χ0) is 14.1. The van der Waals surface area contributed by atoms with Crippen LogP contribution in [0.1, 0.15) is 24.3 Å². The molecule has 1 aliphatic rings. The molecule has 1 N–H and O–H groups in total. The topological polar surface area (TPSA) is 12.0 Å². The average molecular weight is 294 g/mol. The van der Waals surface area contributed by atoms with Gasteiger partial charge in [0.15, 0.2) is 0 Å². The van der Waals surface area contributed by atoms with E-state index in [2.05, 4.69) is 5.32 Å². The molecule has 0 atom stereocenters. The second kappa shape index (κ2) is 5.41. The Balaban J connectivity index is 1.62. The molecule has 2 aromatic carbocycles. The van der Waals surface area contributed by atoms with E-state index in [0.29, 0.717) is 11.6 Å². The van der Waals surface area contributed by atoms with Crippen LogP contribution in [-0.2, 0) is 0 Å². The lowest BCUT2D eigenvalue weighted by Crippen LogP contribution is -2.34. The Bertz CT molecular complexity index is 624. The lowest BCUT2D eigenvalue weighted by molar-refractivity contribution is 0.373. The number of rotatable bonds is 3. The Morgan fingerprint density at radius 2 is 1.80 bits per heavy atom. The molecule has 0 spiro atoms. The van der Waals surface area contributed by atoms with Gasteiger partial charge in [0.25, 0.3) is 0 Å². The van der Waals surface area contributed by atoms with Gasteiger partial charge in [-0.3, -0.25) is 0 Å². The zero-order valence-corrected chi connectivity index (χ0v) is 11.5. The molecule has 1 nitrogen and oxygen atoms in total. The van der Waals surface area contributed by atoms with Crippen LogP contribution < -0.4 is 5.32 Å². The minimum Gasteiger partial charge on any atom is -0.380 e. The SMILES string of the molecule is Fc1ccc(NC2CC(c3ccccc3Cl)C2)c(F)c1. The Hall–Kier alpha value is -1.61. The van der Waals surface area contributed by atoms with Crippen LogP contribution in [0.4, 0.5) is 14.5 Å². The summed E-state index contributed by atoms with van der Waals surface area (Å²) in [5.41, 5.74) is 1.50. The fraction of sp³-hybridized carbons (Fsp3) is 0.250. The first-order valence-electron chi connectivity index (χ1n) is 6.59. The Labute approximate surface area is 121 Å². The minimum atomic E-state index is -0.560. The van der Waals surface area contributed by atoms with Crippen LogP contribution in [0.25, 0.3) is 0 Å². The monoisotopic (exact) mass is 293 g/mol. The first-order chi connectivity index (χ1) is 9.63. The molecule has 0 bridgehead atoms. The standard InChI is InChI=1S/C16H14ClF2N/c17-14-4-2-1-3-13(14)10-7-12(8-10)20-16-6-5-11(18)9-15(16)19/h1-6,9-10,12,20H,7-8H2. The Morgan fingerprint density at radius 1 is 1.05 bits per heavy atom. The van der Waals surface area contributed by atoms with E-state index in [9.17, 15) is 8.78 Å². The molecule has 0 amide bonds. The summed E-state index contributed by atoms with van der Waals surface area (Å²) in [5.74, 6) is -0.702. The lowest BCUT2D eigenvalue weighted by Gasteiger charge is -2.37. The lowest BCUT2D eigenvalue weighted by atomic mass is 9.76. The predicted molar refractivity (Wildman–Crippen MR) is 77.2 cm³/mol. The van der Waals surface area contributed by atoms with Gasteiger partial charge in [-0.2, -0.15) is 0 Å². The predicted octanol–water partition coefficient (Wildman–Crippen LogP) is 4.98. The van der Waals surface area contributed by atoms with Crippen LogP contribution in [0.3, 0.4) is 0 Å². The van der Waals surface area contributed by atoms with Gasteiger partial charge in [0.1, 0.15) is 11.6 Å². The molecular formula is C16H14ClF2N. The van der Waals surface area contributed by atoms with E-state index in [1.54, 1.807) is 0 Å². The summed E-state index contributed by atoms with van der Waals surface area (Å²) in [6.07, 6.45) is 1.81. The van der Waals surface area contributed by atoms with Gasteiger partial charge in [0.05, 0.1) is 5.69 Å². The number of benzene rings is 2. The number of hydrogen-bond acceptors (Lipinski definition) is 1. The second-order valence-corrected chi connectivity index (χ2v) is 5.56. The van der Waals surface area contributed by atoms with Crippen molar-refractivity contribution in [2.24, 2.45) is 0 Å². The largest absolute Gasteiger partial charge is 0.380 e. The molecule has 1 fully saturated rings. The average Bonchev–Trinajstić information content (AvgIpc) is 2.37. The van der Waals surface area contributed by atoms with Gasteiger partial charge in [0.2, 0.25) is 0 Å². The van der Waals surface area contributed by atoms with E-state index < -0.39 is 11.6 Å². The molecule has 0 saturated heterocycles. The third kappa shape index (κ3) is 2.63. The minimum absolute atomic E-state index is 0.205. The Kier molecular flexibility index (Phi) is 3.62. The Morgan fingerprint density at radius 3 is 2.50 bits per heavy atom. The smallest absolute Gasteiger partial charge is 0.149 e. The van der Waals surface area contributed by atoms with Crippen LogP contribution in [0.2, 0.25) is 5.02 Å². The quantitative estimate of drug-likeness (QED) is 0.842. The first kappa shape index (κ1) is 13.4. The van der Waals surface area contributed by atoms with Crippen molar-refractivity contribution in [2.75, 3.05) is 5.32 Å². The van der Waals surface area contributed by atoms with Gasteiger partial charge in [-0.1, -0.05) is 29.8 Å². The van der Waals surface area contributed by atoms with Gasteiger partial charge in [-0.05, 0) is 42.5 Å². The fourth-order valence-corrected chi connectivity index (χ4v) is 2.91. The third-order valence-corrected chi connectivity index (χ3v) is 4.12. The summed E-state index contributed by atoms with van der Waals surface area (Å²) in [5, 5.41) is 3.89. The summed E-state index contributed by atoms with van der Waals surface area (Å²) in [6, 6.07) is 11.6. The van der Waals surface area contributed by atoms with Crippen molar-refractivity contribution < 1.29 is 8.78 Å². The van der Waals surface area contributed by atoms with Crippen molar-refractivity contribution in [3.05, 3.63) is 64.7 Å². The highest BCUT2D eigenvalue weighted by Crippen LogP contribution is 2.41. The maximum absolute atomic E-state index is 13.5. The molecule has 104 valence electrons. The molecule has 1 aliphatic carbocycles. The van der Waals surface area contributed by atoms with Crippen molar-refractivity contribution in [3.8, 4) is 0 Å². The number of hydrogen-bond donors (Lipinski definition) is 1. The normalized spacial score (nSPS) is 21.4. The van der Waals surface area contributed by atoms with Gasteiger partial charge in [-0.25, -0.2) is 8.78 Å². The highest BCUT2D eigenvalue weighted by Gasteiger charge is 2.31. The second-order valence-electron chi connectivity index (χ2n) is 5.16. The number of nitrogens with one attached hydrogen (secondary N) is 1. The molecule has 0 aliphatic heterocycles. The van der Waals surface area contributed by atoms with Crippen LogP contribution in [-0.4, -0.2) is 6.04 Å². The van der Waals surface area contributed by atoms with Crippen LogP contribution in [0.5, 0.6) is 0 Å². The van der Waals surface area contributed by atoms with Gasteiger partial charge < -0.3 is 5.32 Å². The van der Waals surface area contributed by atoms with E-state index in [1.807, 2.05) is 24.3 Å². The van der Waals surface area contributed by atoms with Crippen LogP contribution >= 0.6 is 11.6 Å². The summed E-state index contributed by atoms with van der Waals surface area (Å²) < 4.78 is 26.4. The molecule has 20 heavy (non-hydrogen) atoms. The molecule has 0 radical (unpaired) electrons. The molecule has 2 aromatic rings. The molecule has 3 rings (SSSR count). The van der Waals surface area contributed by atoms with E-state index >= 15 is 0 Å². The summed E-state index contributed by atoms with van der Waals surface area (Å²) >= 11 is 6.16. The van der Waals surface area contributed by atoms with Crippen LogP contribution in [0, 0.1) is 11.6 Å². The first-order valence-corrected chi connectivity index (χ1v) is 6.97. The van der Waals surface area contributed by atoms with E-state index in [-0.39, 0.29) is 6.04 Å². The van der Waals surface area contributed by atoms with E-state index in [1.165, 1.54) is 12.1 Å². The third-order valence-electron chi connectivity index (χ3n) is 3.77. The fourth-order valence-electron chi connectivity index (χ4n) is 2.62. The van der Waals surface area contributed by atoms with Gasteiger partial charge in [-0.15, -0.1) is 0 Å². The van der Waals surface area contributed by atoms with Crippen LogP contribution in [0.15, 0.2) is 42.5 Å². The molecule has 0 aromatic heterocycles. The molecular weight excluding hydrogens is 280 g/mol. The zero-order valence-electron chi connectivity index (χ0n) is 10.7. The van der Waals surface area contributed by atoms with Gasteiger partial charge >= 0.3 is 0 Å². The molecule has 0 unspecified atom stereocenters. The van der Waals surface area contributed by atoms with Crippen molar-refractivity contribution in [1.29, 1.82) is 0 Å². The highest BCUT2D eigenvalue weighted by molar-refractivity contribution is 6.31. The number of halogens is 3. The van der Waals surface area contributed by atoms with Crippen molar-refractivity contribution in [2.45, 2.75) is 24.8 Å². The maximum Gasteiger partial charge on any atom is 0.149 e. The van der Waals surface area contributed by atoms with Crippen molar-refractivity contribution in [1.82, 2.24) is 0 Å². The van der Waals surface area contributed by atoms with Crippen molar-refractivity contribution >= 4 is 17.3 Å². The summed E-state index contributed by atoms with van der Waals surface area (Å²) in [4.78, 5) is 0. The van der Waals surface area contributed by atoms with Gasteiger partial charge in [0, 0.05) is 17.1 Å². The molecule has 0 heterocycles. The summed E-state index contributed by atoms with van der Waals surface area (Å²) in [6.45, 7) is 0. The molecule has 1 saturated carbocycles.